The smallest absolute Gasteiger partial charge is 0.245 e. The largest absolute Gasteiger partial charge is 0.354 e. The Balaban J connectivity index is 2.19. The van der Waals surface area contributed by atoms with E-state index < -0.39 is 12.3 Å². The Morgan fingerprint density at radius 1 is 1.19 bits per heavy atom. The van der Waals surface area contributed by atoms with Crippen molar-refractivity contribution >= 4 is 11.8 Å². The van der Waals surface area contributed by atoms with Crippen molar-refractivity contribution in [2.75, 3.05) is 33.4 Å². The van der Waals surface area contributed by atoms with Crippen molar-refractivity contribution in [2.45, 2.75) is 64.2 Å². The highest BCUT2D eigenvalue weighted by Crippen LogP contribution is 2.27. The van der Waals surface area contributed by atoms with E-state index in [1.165, 1.54) is 6.42 Å². The predicted molar refractivity (Wildman–Crippen MR) is 121 cm³/mol. The normalized spacial score (nSPS) is 16.5. The van der Waals surface area contributed by atoms with E-state index in [1.807, 2.05) is 25.1 Å². The average molecular weight is 434 g/mol. The van der Waals surface area contributed by atoms with Crippen LogP contribution in [-0.2, 0) is 25.5 Å². The fraction of sp³-hybridized carbons (Fsp3) is 0.667. The number of nitrogens with zero attached hydrogens (tertiary/aromatic N) is 1. The van der Waals surface area contributed by atoms with Crippen LogP contribution in [0.15, 0.2) is 30.3 Å². The topological polar surface area (TPSA) is 93.9 Å². The SMILES string of the molecule is CCOC(CN(CCc1ccccc1)C(=O)[C@@H](NC(=O)CCN)C1CCCCC1)OC. The van der Waals surface area contributed by atoms with Crippen LogP contribution in [0.25, 0.3) is 0 Å². The molecule has 2 amide bonds. The molecule has 3 N–H and O–H groups in total. The third-order valence-electron chi connectivity index (χ3n) is 5.88. The number of benzene rings is 1. The third-order valence-corrected chi connectivity index (χ3v) is 5.88. The fourth-order valence-corrected chi connectivity index (χ4v) is 4.18. The minimum Gasteiger partial charge on any atom is -0.354 e. The molecular formula is C24H39N3O4. The van der Waals surface area contributed by atoms with Gasteiger partial charge in [-0.1, -0.05) is 49.6 Å². The van der Waals surface area contributed by atoms with E-state index in [4.69, 9.17) is 15.2 Å². The molecule has 1 unspecified atom stereocenters. The molecule has 1 aromatic carbocycles. The average Bonchev–Trinajstić information content (AvgIpc) is 2.80. The second-order valence-corrected chi connectivity index (χ2v) is 8.12. The van der Waals surface area contributed by atoms with E-state index in [0.717, 1.165) is 37.7 Å². The number of nitrogens with two attached hydrogens (primary N) is 1. The van der Waals surface area contributed by atoms with Gasteiger partial charge in [0, 0.05) is 33.2 Å². The van der Waals surface area contributed by atoms with E-state index >= 15 is 0 Å². The van der Waals surface area contributed by atoms with Crippen LogP contribution < -0.4 is 11.1 Å². The minimum atomic E-state index is -0.533. The van der Waals surface area contributed by atoms with Crippen molar-refractivity contribution in [1.82, 2.24) is 10.2 Å². The molecule has 31 heavy (non-hydrogen) atoms. The Bertz CT molecular complexity index is 649. The Morgan fingerprint density at radius 3 is 2.52 bits per heavy atom. The summed E-state index contributed by atoms with van der Waals surface area (Å²) in [6.07, 6.45) is 5.70. The Hall–Kier alpha value is -1.96. The van der Waals surface area contributed by atoms with Crippen LogP contribution in [0.1, 0.15) is 51.0 Å². The highest BCUT2D eigenvalue weighted by molar-refractivity contribution is 5.88. The molecule has 0 saturated heterocycles. The van der Waals surface area contributed by atoms with Crippen molar-refractivity contribution in [3.63, 3.8) is 0 Å². The third kappa shape index (κ3) is 8.59. The highest BCUT2D eigenvalue weighted by Gasteiger charge is 2.34. The summed E-state index contributed by atoms with van der Waals surface area (Å²) in [6, 6.07) is 9.56. The lowest BCUT2D eigenvalue weighted by Gasteiger charge is -2.35. The maximum Gasteiger partial charge on any atom is 0.245 e. The molecule has 1 aliphatic carbocycles. The zero-order chi connectivity index (χ0) is 22.5. The van der Waals surface area contributed by atoms with Gasteiger partial charge in [0.05, 0.1) is 6.54 Å². The zero-order valence-corrected chi connectivity index (χ0v) is 19.1. The van der Waals surface area contributed by atoms with Gasteiger partial charge in [-0.15, -0.1) is 0 Å². The first-order valence-corrected chi connectivity index (χ1v) is 11.6. The van der Waals surface area contributed by atoms with E-state index in [9.17, 15) is 9.59 Å². The van der Waals surface area contributed by atoms with Crippen LogP contribution in [0.4, 0.5) is 0 Å². The first-order valence-electron chi connectivity index (χ1n) is 11.6. The summed E-state index contributed by atoms with van der Waals surface area (Å²) in [6.45, 7) is 3.53. The number of amides is 2. The number of nitrogens with one attached hydrogen (secondary N) is 1. The molecule has 0 bridgehead atoms. The molecule has 0 aliphatic heterocycles. The van der Waals surface area contributed by atoms with Crippen molar-refractivity contribution in [1.29, 1.82) is 0 Å². The summed E-state index contributed by atoms with van der Waals surface area (Å²) in [5.41, 5.74) is 6.72. The van der Waals surface area contributed by atoms with Crippen LogP contribution in [0.5, 0.6) is 0 Å². The summed E-state index contributed by atoms with van der Waals surface area (Å²) < 4.78 is 11.1. The molecule has 1 aliphatic rings. The van der Waals surface area contributed by atoms with Crippen molar-refractivity contribution in [3.8, 4) is 0 Å². The van der Waals surface area contributed by atoms with Gasteiger partial charge in [0.1, 0.15) is 6.04 Å². The number of hydrogen-bond acceptors (Lipinski definition) is 5. The van der Waals surface area contributed by atoms with Gasteiger partial charge in [-0.05, 0) is 37.7 Å². The van der Waals surface area contributed by atoms with Crippen LogP contribution in [0, 0.1) is 5.92 Å². The summed E-state index contributed by atoms with van der Waals surface area (Å²) >= 11 is 0. The Morgan fingerprint density at radius 2 is 1.90 bits per heavy atom. The van der Waals surface area contributed by atoms with E-state index in [2.05, 4.69) is 17.4 Å². The van der Waals surface area contributed by atoms with Crippen LogP contribution in [-0.4, -0.2) is 62.4 Å². The lowest BCUT2D eigenvalue weighted by molar-refractivity contribution is -0.154. The molecule has 1 fully saturated rings. The lowest BCUT2D eigenvalue weighted by Crippen LogP contribution is -2.54. The first-order chi connectivity index (χ1) is 15.1. The molecule has 0 radical (unpaired) electrons. The standard InChI is InChI=1S/C24H39N3O4/c1-3-31-22(30-2)18-27(17-15-19-10-6-4-7-11-19)24(29)23(26-21(28)14-16-25)20-12-8-5-9-13-20/h4,6-7,10-11,20,22-23H,3,5,8-9,12-18,25H2,1-2H3,(H,26,28)/t22?,23-/m0/s1. The second-order valence-electron chi connectivity index (χ2n) is 8.12. The van der Waals surface area contributed by atoms with Gasteiger partial charge in [-0.25, -0.2) is 0 Å². The molecule has 174 valence electrons. The number of hydrogen-bond donors (Lipinski definition) is 2. The van der Waals surface area contributed by atoms with Crippen LogP contribution in [0.3, 0.4) is 0 Å². The molecular weight excluding hydrogens is 394 g/mol. The summed E-state index contributed by atoms with van der Waals surface area (Å²) in [7, 11) is 1.59. The molecule has 7 nitrogen and oxygen atoms in total. The van der Waals surface area contributed by atoms with Crippen LogP contribution in [0.2, 0.25) is 0 Å². The molecule has 2 rings (SSSR count). The van der Waals surface area contributed by atoms with Gasteiger partial charge in [0.25, 0.3) is 0 Å². The molecule has 7 heteroatoms. The van der Waals surface area contributed by atoms with Gasteiger partial charge in [-0.2, -0.15) is 0 Å². The Labute approximate surface area is 186 Å². The van der Waals surface area contributed by atoms with Crippen LogP contribution >= 0.6 is 0 Å². The maximum absolute atomic E-state index is 13.7. The molecule has 2 atom stereocenters. The summed E-state index contributed by atoms with van der Waals surface area (Å²) in [5, 5.41) is 3.00. The molecule has 0 spiro atoms. The lowest BCUT2D eigenvalue weighted by atomic mass is 9.83. The van der Waals surface area contributed by atoms with Crippen molar-refractivity contribution in [3.05, 3.63) is 35.9 Å². The van der Waals surface area contributed by atoms with Gasteiger partial charge in [-0.3, -0.25) is 9.59 Å². The monoisotopic (exact) mass is 433 g/mol. The number of rotatable bonds is 13. The minimum absolute atomic E-state index is 0.0602. The van der Waals surface area contributed by atoms with Gasteiger partial charge >= 0.3 is 0 Å². The summed E-state index contributed by atoms with van der Waals surface area (Å²) in [4.78, 5) is 27.9. The second kappa shape index (κ2) is 14.2. The molecule has 0 aromatic heterocycles. The van der Waals surface area contributed by atoms with Gasteiger partial charge in [0.2, 0.25) is 11.8 Å². The van der Waals surface area contributed by atoms with Crippen molar-refractivity contribution in [2.24, 2.45) is 11.7 Å². The van der Waals surface area contributed by atoms with E-state index in [-0.39, 0.29) is 30.7 Å². The van der Waals surface area contributed by atoms with Crippen molar-refractivity contribution < 1.29 is 19.1 Å². The van der Waals surface area contributed by atoms with E-state index in [1.54, 1.807) is 12.0 Å². The number of ether oxygens (including phenoxy) is 2. The maximum atomic E-state index is 13.7. The van der Waals surface area contributed by atoms with Gasteiger partial charge < -0.3 is 25.4 Å². The first kappa shape index (κ1) is 25.3. The summed E-state index contributed by atoms with van der Waals surface area (Å²) in [5.74, 6) is -0.0761. The Kier molecular flexibility index (Phi) is 11.6. The van der Waals surface area contributed by atoms with E-state index in [0.29, 0.717) is 19.7 Å². The zero-order valence-electron chi connectivity index (χ0n) is 19.1. The number of carbonyl (C=O) groups excluding carboxylic acids is 2. The fourth-order valence-electron chi connectivity index (χ4n) is 4.18. The number of methoxy groups -OCH3 is 1. The quantitative estimate of drug-likeness (QED) is 0.466. The number of carbonyl (C=O) groups is 2. The molecule has 1 saturated carbocycles. The molecule has 1 aromatic rings. The highest BCUT2D eigenvalue weighted by atomic mass is 16.7. The van der Waals surface area contributed by atoms with Gasteiger partial charge in [0.15, 0.2) is 6.29 Å². The molecule has 0 heterocycles. The predicted octanol–water partition coefficient (Wildman–Crippen LogP) is 2.48.